The lowest BCUT2D eigenvalue weighted by atomic mass is 10.1. The molecule has 5 nitrogen and oxygen atoms in total. The SMILES string of the molecule is COc1ccc(NC(=O)Oc2ccccc2)cc1OCCCC(C)C. The van der Waals surface area contributed by atoms with Crippen molar-refractivity contribution in [2.75, 3.05) is 19.0 Å². The average molecular weight is 343 g/mol. The number of anilines is 1. The normalized spacial score (nSPS) is 10.4. The molecule has 0 aliphatic rings. The van der Waals surface area contributed by atoms with Gasteiger partial charge in [-0.1, -0.05) is 32.0 Å². The molecule has 0 bridgehead atoms. The summed E-state index contributed by atoms with van der Waals surface area (Å²) in [6, 6.07) is 14.1. The second-order valence-electron chi connectivity index (χ2n) is 6.08. The van der Waals surface area contributed by atoms with Gasteiger partial charge in [0.25, 0.3) is 0 Å². The van der Waals surface area contributed by atoms with Gasteiger partial charge in [0.2, 0.25) is 0 Å². The van der Waals surface area contributed by atoms with E-state index in [1.807, 2.05) is 6.07 Å². The lowest BCUT2D eigenvalue weighted by Crippen LogP contribution is -2.16. The zero-order valence-electron chi connectivity index (χ0n) is 15.0. The Kier molecular flexibility index (Phi) is 7.14. The first-order valence-electron chi connectivity index (χ1n) is 8.43. The fourth-order valence-corrected chi connectivity index (χ4v) is 2.28. The Morgan fingerprint density at radius 1 is 1.08 bits per heavy atom. The van der Waals surface area contributed by atoms with E-state index in [0.717, 1.165) is 12.8 Å². The van der Waals surface area contributed by atoms with Crippen LogP contribution in [0.2, 0.25) is 0 Å². The van der Waals surface area contributed by atoms with Gasteiger partial charge < -0.3 is 14.2 Å². The number of hydrogen-bond donors (Lipinski definition) is 1. The lowest BCUT2D eigenvalue weighted by molar-refractivity contribution is 0.215. The van der Waals surface area contributed by atoms with E-state index >= 15 is 0 Å². The zero-order chi connectivity index (χ0) is 18.1. The molecule has 1 amide bonds. The topological polar surface area (TPSA) is 56.8 Å². The van der Waals surface area contributed by atoms with E-state index in [1.54, 1.807) is 49.6 Å². The van der Waals surface area contributed by atoms with Crippen molar-refractivity contribution in [3.8, 4) is 17.2 Å². The van der Waals surface area contributed by atoms with Crippen LogP contribution in [0.1, 0.15) is 26.7 Å². The van der Waals surface area contributed by atoms with Gasteiger partial charge in [0.05, 0.1) is 13.7 Å². The molecule has 5 heteroatoms. The number of carbonyl (C=O) groups excluding carboxylic acids is 1. The van der Waals surface area contributed by atoms with E-state index in [0.29, 0.717) is 35.5 Å². The van der Waals surface area contributed by atoms with Gasteiger partial charge >= 0.3 is 6.09 Å². The molecule has 0 aliphatic carbocycles. The van der Waals surface area contributed by atoms with Crippen LogP contribution in [0.5, 0.6) is 17.2 Å². The summed E-state index contributed by atoms with van der Waals surface area (Å²) in [6.07, 6.45) is 1.51. The molecule has 2 aromatic carbocycles. The second kappa shape index (κ2) is 9.57. The molecular weight excluding hydrogens is 318 g/mol. The fraction of sp³-hybridized carbons (Fsp3) is 0.350. The first-order chi connectivity index (χ1) is 12.1. The molecule has 134 valence electrons. The van der Waals surface area contributed by atoms with Crippen molar-refractivity contribution in [1.82, 2.24) is 0 Å². The van der Waals surface area contributed by atoms with Crippen molar-refractivity contribution in [2.24, 2.45) is 5.92 Å². The lowest BCUT2D eigenvalue weighted by Gasteiger charge is -2.13. The minimum absolute atomic E-state index is 0.485. The van der Waals surface area contributed by atoms with Crippen molar-refractivity contribution >= 4 is 11.8 Å². The maximum atomic E-state index is 12.0. The van der Waals surface area contributed by atoms with Gasteiger partial charge in [-0.2, -0.15) is 0 Å². The van der Waals surface area contributed by atoms with Gasteiger partial charge in [0.15, 0.2) is 11.5 Å². The van der Waals surface area contributed by atoms with Crippen molar-refractivity contribution in [2.45, 2.75) is 26.7 Å². The first kappa shape index (κ1) is 18.6. The largest absolute Gasteiger partial charge is 0.493 e. The summed E-state index contributed by atoms with van der Waals surface area (Å²) in [6.45, 7) is 4.97. The molecule has 2 aromatic rings. The molecule has 2 rings (SSSR count). The Bertz CT molecular complexity index is 671. The van der Waals surface area contributed by atoms with Crippen LogP contribution in [-0.4, -0.2) is 19.8 Å². The maximum Gasteiger partial charge on any atom is 0.417 e. The van der Waals surface area contributed by atoms with E-state index in [-0.39, 0.29) is 0 Å². The van der Waals surface area contributed by atoms with Crippen molar-refractivity contribution < 1.29 is 19.0 Å². The highest BCUT2D eigenvalue weighted by molar-refractivity contribution is 5.86. The van der Waals surface area contributed by atoms with Gasteiger partial charge in [0.1, 0.15) is 5.75 Å². The van der Waals surface area contributed by atoms with E-state index in [4.69, 9.17) is 14.2 Å². The summed E-state index contributed by atoms with van der Waals surface area (Å²) in [5, 5.41) is 2.69. The van der Waals surface area contributed by atoms with Crippen LogP contribution < -0.4 is 19.5 Å². The van der Waals surface area contributed by atoms with E-state index in [1.165, 1.54) is 0 Å². The molecular formula is C20H25NO4. The van der Waals surface area contributed by atoms with Crippen LogP contribution in [0.4, 0.5) is 10.5 Å². The number of rotatable bonds is 8. The Balaban J connectivity index is 1.96. The van der Waals surface area contributed by atoms with Crippen LogP contribution in [0.15, 0.2) is 48.5 Å². The predicted octanol–water partition coefficient (Wildman–Crippen LogP) is 5.12. The summed E-state index contributed by atoms with van der Waals surface area (Å²) >= 11 is 0. The molecule has 0 radical (unpaired) electrons. The van der Waals surface area contributed by atoms with Crippen molar-refractivity contribution in [3.63, 3.8) is 0 Å². The summed E-state index contributed by atoms with van der Waals surface area (Å²) < 4.78 is 16.3. The van der Waals surface area contributed by atoms with Crippen molar-refractivity contribution in [3.05, 3.63) is 48.5 Å². The van der Waals surface area contributed by atoms with Crippen LogP contribution in [-0.2, 0) is 0 Å². The van der Waals surface area contributed by atoms with Crippen LogP contribution in [0.3, 0.4) is 0 Å². The summed E-state index contributed by atoms with van der Waals surface area (Å²) in [5.41, 5.74) is 0.584. The molecule has 0 aromatic heterocycles. The number of para-hydroxylation sites is 1. The van der Waals surface area contributed by atoms with Gasteiger partial charge in [-0.25, -0.2) is 4.79 Å². The second-order valence-corrected chi connectivity index (χ2v) is 6.08. The number of benzene rings is 2. The Hall–Kier alpha value is -2.69. The monoisotopic (exact) mass is 343 g/mol. The Labute approximate surface area is 148 Å². The smallest absolute Gasteiger partial charge is 0.417 e. The van der Waals surface area contributed by atoms with E-state index in [9.17, 15) is 4.79 Å². The molecule has 25 heavy (non-hydrogen) atoms. The molecule has 0 aliphatic heterocycles. The van der Waals surface area contributed by atoms with Crippen LogP contribution in [0.25, 0.3) is 0 Å². The number of amides is 1. The van der Waals surface area contributed by atoms with Gasteiger partial charge in [-0.3, -0.25) is 5.32 Å². The first-order valence-corrected chi connectivity index (χ1v) is 8.43. The summed E-state index contributed by atoms with van der Waals surface area (Å²) in [7, 11) is 1.59. The molecule has 1 N–H and O–H groups in total. The molecule has 0 saturated heterocycles. The third-order valence-electron chi connectivity index (χ3n) is 3.55. The highest BCUT2D eigenvalue weighted by Crippen LogP contribution is 2.30. The number of ether oxygens (including phenoxy) is 3. The molecule has 0 heterocycles. The van der Waals surface area contributed by atoms with Gasteiger partial charge in [-0.05, 0) is 43.0 Å². The Morgan fingerprint density at radius 2 is 1.84 bits per heavy atom. The van der Waals surface area contributed by atoms with Gasteiger partial charge in [-0.15, -0.1) is 0 Å². The quantitative estimate of drug-likeness (QED) is 0.676. The van der Waals surface area contributed by atoms with E-state index < -0.39 is 6.09 Å². The third kappa shape index (κ3) is 6.37. The zero-order valence-corrected chi connectivity index (χ0v) is 15.0. The van der Waals surface area contributed by atoms with E-state index in [2.05, 4.69) is 19.2 Å². The average Bonchev–Trinajstić information content (AvgIpc) is 2.59. The number of hydrogen-bond acceptors (Lipinski definition) is 4. The summed E-state index contributed by atoms with van der Waals surface area (Å²) in [5.74, 6) is 2.36. The van der Waals surface area contributed by atoms with Crippen LogP contribution in [0, 0.1) is 5.92 Å². The highest BCUT2D eigenvalue weighted by Gasteiger charge is 2.10. The number of nitrogens with one attached hydrogen (secondary N) is 1. The minimum atomic E-state index is -0.554. The molecule has 0 unspecified atom stereocenters. The minimum Gasteiger partial charge on any atom is -0.493 e. The van der Waals surface area contributed by atoms with Crippen molar-refractivity contribution in [1.29, 1.82) is 0 Å². The number of methoxy groups -OCH3 is 1. The third-order valence-corrected chi connectivity index (χ3v) is 3.55. The molecule has 0 fully saturated rings. The Morgan fingerprint density at radius 3 is 2.52 bits per heavy atom. The fourth-order valence-electron chi connectivity index (χ4n) is 2.28. The maximum absolute atomic E-state index is 12.0. The predicted molar refractivity (Wildman–Crippen MR) is 98.6 cm³/mol. The summed E-state index contributed by atoms with van der Waals surface area (Å²) in [4.78, 5) is 12.0. The standard InChI is InChI=1S/C20H25NO4/c1-15(2)8-7-13-24-19-14-16(11-12-18(19)23-3)21-20(22)25-17-9-5-4-6-10-17/h4-6,9-12,14-15H,7-8,13H2,1-3H3,(H,21,22). The van der Waals surface area contributed by atoms with Crippen LogP contribution >= 0.6 is 0 Å². The number of carbonyl (C=O) groups is 1. The molecule has 0 saturated carbocycles. The highest BCUT2D eigenvalue weighted by atomic mass is 16.6. The molecule has 0 atom stereocenters. The molecule has 0 spiro atoms. The van der Waals surface area contributed by atoms with Gasteiger partial charge in [0, 0.05) is 11.8 Å².